The summed E-state index contributed by atoms with van der Waals surface area (Å²) in [5.74, 6) is -0.0487. The summed E-state index contributed by atoms with van der Waals surface area (Å²) in [6.07, 6.45) is 1.81. The smallest absolute Gasteiger partial charge is 0.263 e. The van der Waals surface area contributed by atoms with Gasteiger partial charge in [0.05, 0.1) is 12.6 Å². The number of rotatable bonds is 9. The Kier molecular flexibility index (Phi) is 8.23. The van der Waals surface area contributed by atoms with Crippen molar-refractivity contribution in [1.29, 1.82) is 5.26 Å². The summed E-state index contributed by atoms with van der Waals surface area (Å²) in [5, 5.41) is 15.1. The van der Waals surface area contributed by atoms with E-state index in [1.165, 1.54) is 12.3 Å². The predicted molar refractivity (Wildman–Crippen MR) is 111 cm³/mol. The minimum Gasteiger partial charge on any atom is -0.494 e. The number of benzene rings is 2. The second kappa shape index (κ2) is 10.9. The summed E-state index contributed by atoms with van der Waals surface area (Å²) in [6.45, 7) is 6.63. The highest BCUT2D eigenvalue weighted by Crippen LogP contribution is 2.26. The van der Waals surface area contributed by atoms with Crippen molar-refractivity contribution in [2.45, 2.75) is 33.2 Å². The van der Waals surface area contributed by atoms with Gasteiger partial charge in [0.2, 0.25) is 0 Å². The Labute approximate surface area is 171 Å². The van der Waals surface area contributed by atoms with Gasteiger partial charge in [-0.05, 0) is 44.9 Å². The Bertz CT molecular complexity index is 919. The first kappa shape index (κ1) is 22.0. The summed E-state index contributed by atoms with van der Waals surface area (Å²) >= 11 is 0. The van der Waals surface area contributed by atoms with Crippen LogP contribution in [0.1, 0.15) is 36.6 Å². The highest BCUT2D eigenvalue weighted by molar-refractivity contribution is 5.97. The van der Waals surface area contributed by atoms with Crippen molar-refractivity contribution in [2.24, 2.45) is 0 Å². The van der Waals surface area contributed by atoms with Gasteiger partial charge in [-0.1, -0.05) is 35.9 Å². The molecule has 0 fully saturated rings. The molecule has 0 saturated heterocycles. The van der Waals surface area contributed by atoms with Gasteiger partial charge < -0.3 is 15.4 Å². The highest BCUT2D eigenvalue weighted by Gasteiger charge is 2.17. The molecular formula is C23H26FN3O2. The van der Waals surface area contributed by atoms with Gasteiger partial charge in [-0.25, -0.2) is 4.39 Å². The Morgan fingerprint density at radius 2 is 2.07 bits per heavy atom. The number of ether oxygens (including phenoxy) is 1. The van der Waals surface area contributed by atoms with Crippen molar-refractivity contribution in [3.63, 3.8) is 0 Å². The van der Waals surface area contributed by atoms with Gasteiger partial charge >= 0.3 is 0 Å². The molecule has 2 aromatic carbocycles. The van der Waals surface area contributed by atoms with Gasteiger partial charge in [-0.15, -0.1) is 0 Å². The third-order valence-corrected chi connectivity index (χ3v) is 4.39. The second-order valence-corrected chi connectivity index (χ2v) is 6.63. The molecule has 1 amide bonds. The quantitative estimate of drug-likeness (QED) is 0.383. The third-order valence-electron chi connectivity index (χ3n) is 4.39. The molecular weight excluding hydrogens is 369 g/mol. The van der Waals surface area contributed by atoms with E-state index in [-0.39, 0.29) is 17.4 Å². The monoisotopic (exact) mass is 395 g/mol. The SMILES string of the molecule is CCOc1ccc(C)cc1C(C)NC(=O)/C(C#N)=C\NCCc1ccccc1F. The van der Waals surface area contributed by atoms with Crippen molar-refractivity contribution in [3.8, 4) is 11.8 Å². The fourth-order valence-corrected chi connectivity index (χ4v) is 2.88. The van der Waals surface area contributed by atoms with Gasteiger partial charge in [0.25, 0.3) is 5.91 Å². The van der Waals surface area contributed by atoms with Gasteiger partial charge in [-0.2, -0.15) is 5.26 Å². The first-order valence-corrected chi connectivity index (χ1v) is 9.57. The highest BCUT2D eigenvalue weighted by atomic mass is 19.1. The Morgan fingerprint density at radius 3 is 2.76 bits per heavy atom. The number of nitrogens with zero attached hydrogens (tertiary/aromatic N) is 1. The molecule has 1 unspecified atom stereocenters. The predicted octanol–water partition coefficient (Wildman–Crippen LogP) is 3.95. The van der Waals surface area contributed by atoms with Gasteiger partial charge in [-0.3, -0.25) is 4.79 Å². The molecule has 0 aliphatic heterocycles. The number of nitrogens with one attached hydrogen (secondary N) is 2. The maximum atomic E-state index is 13.6. The molecule has 0 aromatic heterocycles. The van der Waals surface area contributed by atoms with Crippen LogP contribution in [0.15, 0.2) is 54.2 Å². The molecule has 2 N–H and O–H groups in total. The Morgan fingerprint density at radius 1 is 1.31 bits per heavy atom. The fourth-order valence-electron chi connectivity index (χ4n) is 2.88. The molecule has 0 aliphatic rings. The summed E-state index contributed by atoms with van der Waals surface area (Å²) in [4.78, 5) is 12.5. The molecule has 29 heavy (non-hydrogen) atoms. The van der Waals surface area contributed by atoms with Crippen LogP contribution in [-0.2, 0) is 11.2 Å². The van der Waals surface area contributed by atoms with Crippen LogP contribution in [0, 0.1) is 24.1 Å². The van der Waals surface area contributed by atoms with Crippen LogP contribution in [0.2, 0.25) is 0 Å². The molecule has 0 spiro atoms. The summed E-state index contributed by atoms with van der Waals surface area (Å²) in [6, 6.07) is 13.9. The topological polar surface area (TPSA) is 74.1 Å². The maximum Gasteiger partial charge on any atom is 0.263 e. The zero-order valence-electron chi connectivity index (χ0n) is 17.0. The van der Waals surface area contributed by atoms with Crippen molar-refractivity contribution in [3.05, 3.63) is 76.7 Å². The van der Waals surface area contributed by atoms with Crippen LogP contribution in [-0.4, -0.2) is 19.1 Å². The van der Waals surface area contributed by atoms with E-state index in [0.717, 1.165) is 11.1 Å². The summed E-state index contributed by atoms with van der Waals surface area (Å²) in [5.41, 5.74) is 2.43. The van der Waals surface area contributed by atoms with Crippen LogP contribution >= 0.6 is 0 Å². The molecule has 2 rings (SSSR count). The average Bonchev–Trinajstić information content (AvgIpc) is 2.70. The molecule has 0 aliphatic carbocycles. The number of hydrogen-bond acceptors (Lipinski definition) is 4. The van der Waals surface area contributed by atoms with Crippen molar-refractivity contribution in [2.75, 3.05) is 13.2 Å². The summed E-state index contributed by atoms with van der Waals surface area (Å²) < 4.78 is 19.3. The van der Waals surface area contributed by atoms with Crippen molar-refractivity contribution < 1.29 is 13.9 Å². The van der Waals surface area contributed by atoms with E-state index in [1.807, 2.05) is 45.0 Å². The van der Waals surface area contributed by atoms with Gasteiger partial charge in [0.1, 0.15) is 23.2 Å². The Balaban J connectivity index is 1.98. The minimum absolute atomic E-state index is 0.0454. The largest absolute Gasteiger partial charge is 0.494 e. The van der Waals surface area contributed by atoms with Crippen LogP contribution in [0.25, 0.3) is 0 Å². The molecule has 0 saturated carbocycles. The first-order valence-electron chi connectivity index (χ1n) is 9.57. The maximum absolute atomic E-state index is 13.6. The normalized spacial score (nSPS) is 12.0. The molecule has 0 heterocycles. The van der Waals surface area contributed by atoms with E-state index in [0.29, 0.717) is 30.9 Å². The van der Waals surface area contributed by atoms with E-state index in [1.54, 1.807) is 18.2 Å². The third kappa shape index (κ3) is 6.35. The van der Waals surface area contributed by atoms with Gasteiger partial charge in [0, 0.05) is 18.3 Å². The number of nitriles is 1. The van der Waals surface area contributed by atoms with Crippen molar-refractivity contribution >= 4 is 5.91 Å². The molecule has 0 bridgehead atoms. The Hall–Kier alpha value is -3.33. The number of hydrogen-bond donors (Lipinski definition) is 2. The zero-order chi connectivity index (χ0) is 21.2. The van der Waals surface area contributed by atoms with E-state index in [2.05, 4.69) is 10.6 Å². The van der Waals surface area contributed by atoms with Crippen molar-refractivity contribution in [1.82, 2.24) is 10.6 Å². The minimum atomic E-state index is -0.484. The first-order chi connectivity index (χ1) is 14.0. The van der Waals surface area contributed by atoms with E-state index >= 15 is 0 Å². The van der Waals surface area contributed by atoms with E-state index < -0.39 is 5.91 Å². The molecule has 1 atom stereocenters. The number of aryl methyl sites for hydroxylation is 1. The van der Waals surface area contributed by atoms with Gasteiger partial charge in [0.15, 0.2) is 0 Å². The standard InChI is InChI=1S/C23H26FN3O2/c1-4-29-22-10-9-16(2)13-20(22)17(3)27-23(28)19(14-25)15-26-12-11-18-7-5-6-8-21(18)24/h5-10,13,15,17,26H,4,11-12H2,1-3H3,(H,27,28)/b19-15-. The lowest BCUT2D eigenvalue weighted by atomic mass is 10.0. The van der Waals surface area contributed by atoms with Crippen LogP contribution in [0.3, 0.4) is 0 Å². The fraction of sp³-hybridized carbons (Fsp3) is 0.304. The number of halogens is 1. The average molecular weight is 395 g/mol. The number of carbonyl (C=O) groups excluding carboxylic acids is 1. The van der Waals surface area contributed by atoms with E-state index in [9.17, 15) is 14.4 Å². The van der Waals surface area contributed by atoms with Crippen LogP contribution in [0.4, 0.5) is 4.39 Å². The lowest BCUT2D eigenvalue weighted by Gasteiger charge is -2.18. The zero-order valence-corrected chi connectivity index (χ0v) is 17.0. The molecule has 6 heteroatoms. The molecule has 0 radical (unpaired) electrons. The molecule has 2 aromatic rings. The van der Waals surface area contributed by atoms with E-state index in [4.69, 9.17) is 4.74 Å². The number of amides is 1. The van der Waals surface area contributed by atoms with Crippen LogP contribution in [0.5, 0.6) is 5.75 Å². The van der Waals surface area contributed by atoms with Crippen LogP contribution < -0.4 is 15.4 Å². The second-order valence-electron chi connectivity index (χ2n) is 6.63. The lowest BCUT2D eigenvalue weighted by molar-refractivity contribution is -0.117. The molecule has 152 valence electrons. The lowest BCUT2D eigenvalue weighted by Crippen LogP contribution is -2.29. The summed E-state index contributed by atoms with van der Waals surface area (Å²) in [7, 11) is 0. The molecule has 5 nitrogen and oxygen atoms in total. The number of carbonyl (C=O) groups is 1.